The van der Waals surface area contributed by atoms with Crippen LogP contribution in [0.15, 0.2) is 18.2 Å². The van der Waals surface area contributed by atoms with Crippen LogP contribution < -0.4 is 15.5 Å². The monoisotopic (exact) mass is 453 g/mol. The van der Waals surface area contributed by atoms with Gasteiger partial charge in [-0.2, -0.15) is 0 Å². The predicted octanol–water partition coefficient (Wildman–Crippen LogP) is 0.484. The topological polar surface area (TPSA) is 102 Å². The van der Waals surface area contributed by atoms with Crippen molar-refractivity contribution in [3.05, 3.63) is 29.3 Å². The fraction of sp³-hybridized carbons (Fsp3) is 0.583. The highest BCUT2D eigenvalue weighted by Crippen LogP contribution is 2.32. The summed E-state index contributed by atoms with van der Waals surface area (Å²) in [5.41, 5.74) is 2.59. The molecule has 0 spiro atoms. The van der Waals surface area contributed by atoms with Gasteiger partial charge in [0.25, 0.3) is 5.91 Å². The van der Waals surface area contributed by atoms with E-state index < -0.39 is 11.9 Å². The molecule has 33 heavy (non-hydrogen) atoms. The summed E-state index contributed by atoms with van der Waals surface area (Å²) >= 11 is 0. The first-order valence-corrected chi connectivity index (χ1v) is 12.0. The molecule has 4 aliphatic heterocycles. The maximum absolute atomic E-state index is 13.0. The van der Waals surface area contributed by atoms with E-state index in [1.165, 1.54) is 0 Å². The SMILES string of the molecule is C[C@@H]1CNCCN1C(=O)C1CCN(c2ccc3c(c2)CN(C2CCC(=O)NC2=O)C3=O)CC1. The molecule has 1 aromatic rings. The number of imide groups is 1. The first kappa shape index (κ1) is 21.9. The summed E-state index contributed by atoms with van der Waals surface area (Å²) in [6, 6.07) is 5.50. The van der Waals surface area contributed by atoms with Crippen molar-refractivity contribution in [3.63, 3.8) is 0 Å². The third-order valence-electron chi connectivity index (χ3n) is 7.50. The van der Waals surface area contributed by atoms with Crippen LogP contribution in [0.25, 0.3) is 0 Å². The summed E-state index contributed by atoms with van der Waals surface area (Å²) in [5.74, 6) is -0.474. The van der Waals surface area contributed by atoms with Crippen LogP contribution in [0.4, 0.5) is 5.69 Å². The Kier molecular flexibility index (Phi) is 5.82. The number of piperidine rings is 2. The largest absolute Gasteiger partial charge is 0.371 e. The maximum Gasteiger partial charge on any atom is 0.255 e. The molecular weight excluding hydrogens is 422 g/mol. The van der Waals surface area contributed by atoms with Crippen LogP contribution in [0.5, 0.6) is 0 Å². The second-order valence-electron chi connectivity index (χ2n) is 9.59. The number of benzene rings is 1. The number of hydrogen-bond acceptors (Lipinski definition) is 6. The number of nitrogens with one attached hydrogen (secondary N) is 2. The molecule has 176 valence electrons. The third-order valence-corrected chi connectivity index (χ3v) is 7.50. The lowest BCUT2D eigenvalue weighted by atomic mass is 9.93. The number of hydrogen-bond donors (Lipinski definition) is 2. The van der Waals surface area contributed by atoms with Crippen molar-refractivity contribution >= 4 is 29.3 Å². The minimum atomic E-state index is -0.597. The van der Waals surface area contributed by atoms with E-state index in [9.17, 15) is 19.2 Å². The zero-order valence-corrected chi connectivity index (χ0v) is 19.0. The van der Waals surface area contributed by atoms with Gasteiger partial charge in [0.2, 0.25) is 17.7 Å². The lowest BCUT2D eigenvalue weighted by Gasteiger charge is -2.39. The van der Waals surface area contributed by atoms with Crippen molar-refractivity contribution in [1.82, 2.24) is 20.4 Å². The molecule has 0 radical (unpaired) electrons. The van der Waals surface area contributed by atoms with E-state index in [1.807, 2.05) is 23.1 Å². The van der Waals surface area contributed by atoms with Gasteiger partial charge >= 0.3 is 0 Å². The molecule has 9 heteroatoms. The average Bonchev–Trinajstić information content (AvgIpc) is 3.14. The fourth-order valence-electron chi connectivity index (χ4n) is 5.55. The van der Waals surface area contributed by atoms with Gasteiger partial charge in [-0.25, -0.2) is 0 Å². The van der Waals surface area contributed by atoms with E-state index >= 15 is 0 Å². The molecule has 5 rings (SSSR count). The Balaban J connectivity index is 1.22. The third kappa shape index (κ3) is 4.10. The summed E-state index contributed by atoms with van der Waals surface area (Å²) in [5, 5.41) is 5.68. The Bertz CT molecular complexity index is 987. The number of nitrogens with zero attached hydrogens (tertiary/aromatic N) is 3. The number of rotatable bonds is 3. The van der Waals surface area contributed by atoms with Crippen LogP contribution in [-0.4, -0.2) is 78.2 Å². The molecule has 4 amide bonds. The Morgan fingerprint density at radius 1 is 1.06 bits per heavy atom. The van der Waals surface area contributed by atoms with Crippen LogP contribution in [0.1, 0.15) is 48.5 Å². The van der Waals surface area contributed by atoms with Crippen molar-refractivity contribution in [3.8, 4) is 0 Å². The van der Waals surface area contributed by atoms with Crippen LogP contribution in [0.2, 0.25) is 0 Å². The minimum Gasteiger partial charge on any atom is -0.371 e. The number of carbonyl (C=O) groups is 4. The first-order chi connectivity index (χ1) is 15.9. The number of piperazine rings is 1. The highest BCUT2D eigenvalue weighted by Gasteiger charge is 2.39. The Morgan fingerprint density at radius 3 is 2.58 bits per heavy atom. The molecule has 3 fully saturated rings. The number of anilines is 1. The second kappa shape index (κ2) is 8.78. The van der Waals surface area contributed by atoms with Gasteiger partial charge in [0.15, 0.2) is 0 Å². The van der Waals surface area contributed by atoms with Gasteiger partial charge in [-0.15, -0.1) is 0 Å². The van der Waals surface area contributed by atoms with E-state index in [0.29, 0.717) is 18.5 Å². The summed E-state index contributed by atoms with van der Waals surface area (Å²) < 4.78 is 0. The van der Waals surface area contributed by atoms with Gasteiger partial charge in [-0.1, -0.05) is 0 Å². The summed E-state index contributed by atoms with van der Waals surface area (Å²) in [4.78, 5) is 55.5. The van der Waals surface area contributed by atoms with Crippen LogP contribution in [-0.2, 0) is 20.9 Å². The van der Waals surface area contributed by atoms with Gasteiger partial charge in [-0.3, -0.25) is 24.5 Å². The van der Waals surface area contributed by atoms with Crippen LogP contribution >= 0.6 is 0 Å². The molecule has 3 saturated heterocycles. The van der Waals surface area contributed by atoms with E-state index in [2.05, 4.69) is 22.5 Å². The molecule has 1 aromatic carbocycles. The lowest BCUT2D eigenvalue weighted by molar-refractivity contribution is -0.139. The van der Waals surface area contributed by atoms with Crippen molar-refractivity contribution in [2.24, 2.45) is 5.92 Å². The molecule has 0 bridgehead atoms. The highest BCUT2D eigenvalue weighted by atomic mass is 16.2. The smallest absolute Gasteiger partial charge is 0.255 e. The minimum absolute atomic E-state index is 0.0702. The van der Waals surface area contributed by atoms with E-state index in [0.717, 1.165) is 56.8 Å². The summed E-state index contributed by atoms with van der Waals surface area (Å²) in [7, 11) is 0. The molecule has 1 unspecified atom stereocenters. The zero-order valence-electron chi connectivity index (χ0n) is 19.0. The maximum atomic E-state index is 13.0. The molecule has 0 aliphatic carbocycles. The zero-order chi connectivity index (χ0) is 23.1. The number of amides is 4. The van der Waals surface area contributed by atoms with Crippen molar-refractivity contribution in [2.45, 2.75) is 51.2 Å². The molecule has 4 heterocycles. The van der Waals surface area contributed by atoms with Crippen LogP contribution in [0, 0.1) is 5.92 Å². The van der Waals surface area contributed by atoms with E-state index in [1.54, 1.807) is 4.90 Å². The molecule has 0 aromatic heterocycles. The molecule has 2 atom stereocenters. The first-order valence-electron chi connectivity index (χ1n) is 12.0. The molecular formula is C24H31N5O4. The molecule has 4 aliphatic rings. The van der Waals surface area contributed by atoms with E-state index in [4.69, 9.17) is 0 Å². The van der Waals surface area contributed by atoms with Gasteiger partial charge < -0.3 is 20.0 Å². The normalized spacial score (nSPS) is 26.5. The van der Waals surface area contributed by atoms with Crippen molar-refractivity contribution in [1.29, 1.82) is 0 Å². The lowest BCUT2D eigenvalue weighted by Crippen LogP contribution is -2.54. The summed E-state index contributed by atoms with van der Waals surface area (Å²) in [6.07, 6.45) is 2.27. The molecule has 0 saturated carbocycles. The number of carbonyl (C=O) groups excluding carboxylic acids is 4. The van der Waals surface area contributed by atoms with Gasteiger partial charge in [-0.05, 0) is 49.9 Å². The highest BCUT2D eigenvalue weighted by molar-refractivity contribution is 6.05. The molecule has 2 N–H and O–H groups in total. The number of fused-ring (bicyclic) bond motifs is 1. The molecule has 9 nitrogen and oxygen atoms in total. The average molecular weight is 454 g/mol. The Hall–Kier alpha value is -2.94. The quantitative estimate of drug-likeness (QED) is 0.646. The Morgan fingerprint density at radius 2 is 1.85 bits per heavy atom. The van der Waals surface area contributed by atoms with Crippen molar-refractivity contribution in [2.75, 3.05) is 37.6 Å². The second-order valence-corrected chi connectivity index (χ2v) is 9.59. The standard InChI is InChI=1S/C24H31N5O4/c1-15-13-25-8-11-28(15)23(32)16-6-9-27(10-7-16)18-2-3-19-17(12-18)14-29(24(19)33)20-4-5-21(30)26-22(20)31/h2-3,12,15-16,20,25H,4-11,13-14H2,1H3,(H,26,30,31)/t15-,20?/m1/s1. The van der Waals surface area contributed by atoms with Crippen molar-refractivity contribution < 1.29 is 19.2 Å². The predicted molar refractivity (Wildman–Crippen MR) is 121 cm³/mol. The summed E-state index contributed by atoms with van der Waals surface area (Å²) in [6.45, 7) is 6.59. The Labute approximate surface area is 193 Å². The van der Waals surface area contributed by atoms with Gasteiger partial charge in [0.05, 0.1) is 0 Å². The fourth-order valence-corrected chi connectivity index (χ4v) is 5.55. The van der Waals surface area contributed by atoms with E-state index in [-0.39, 0.29) is 36.1 Å². The van der Waals surface area contributed by atoms with Gasteiger partial charge in [0.1, 0.15) is 6.04 Å². The van der Waals surface area contributed by atoms with Crippen LogP contribution in [0.3, 0.4) is 0 Å². The van der Waals surface area contributed by atoms with Gasteiger partial charge in [0, 0.05) is 68.9 Å².